The summed E-state index contributed by atoms with van der Waals surface area (Å²) in [6, 6.07) is 10.2. The number of benzene rings is 2. The molecule has 5 heteroatoms. The summed E-state index contributed by atoms with van der Waals surface area (Å²) in [6.45, 7) is 2.33. The van der Waals surface area contributed by atoms with E-state index < -0.39 is 0 Å². The summed E-state index contributed by atoms with van der Waals surface area (Å²) in [7, 11) is 0. The lowest BCUT2D eigenvalue weighted by Crippen LogP contribution is -2.03. The van der Waals surface area contributed by atoms with Gasteiger partial charge in [0.2, 0.25) is 0 Å². The molecule has 0 heterocycles. The molecule has 2 aromatic carbocycles. The van der Waals surface area contributed by atoms with E-state index in [1.54, 1.807) is 24.3 Å². The third kappa shape index (κ3) is 3.35. The molecule has 0 unspecified atom stereocenters. The van der Waals surface area contributed by atoms with Gasteiger partial charge in [-0.15, -0.1) is 0 Å². The molecule has 0 aliphatic carbocycles. The van der Waals surface area contributed by atoms with Crippen molar-refractivity contribution in [1.29, 1.82) is 0 Å². The summed E-state index contributed by atoms with van der Waals surface area (Å²) in [5.74, 6) is 0.297. The van der Waals surface area contributed by atoms with Crippen LogP contribution < -0.4 is 4.74 Å². The summed E-state index contributed by atoms with van der Waals surface area (Å²) in [4.78, 5) is 12.4. The fraction of sp³-hybridized carbons (Fsp3) is 0.133. The van der Waals surface area contributed by atoms with Crippen LogP contribution in [-0.4, -0.2) is 12.4 Å². The number of ketones is 1. The van der Waals surface area contributed by atoms with Gasteiger partial charge in [-0.05, 0) is 25.1 Å². The lowest BCUT2D eigenvalue weighted by atomic mass is 10.0. The smallest absolute Gasteiger partial charge is 0.194 e. The third-order valence-electron chi connectivity index (χ3n) is 2.65. The number of hydrogen-bond acceptors (Lipinski definition) is 2. The van der Waals surface area contributed by atoms with Crippen molar-refractivity contribution in [2.45, 2.75) is 6.92 Å². The van der Waals surface area contributed by atoms with Gasteiger partial charge in [-0.1, -0.05) is 51.3 Å². The number of ether oxygens (including phenoxy) is 1. The average Bonchev–Trinajstić information content (AvgIpc) is 2.42. The van der Waals surface area contributed by atoms with Crippen LogP contribution in [0.2, 0.25) is 10.0 Å². The molecule has 0 saturated heterocycles. The first kappa shape index (κ1) is 15.4. The highest BCUT2D eigenvalue weighted by Gasteiger charge is 2.16. The monoisotopic (exact) mass is 372 g/mol. The molecule has 2 aromatic rings. The lowest BCUT2D eigenvalue weighted by molar-refractivity contribution is 0.103. The molecular weight excluding hydrogens is 363 g/mol. The fourth-order valence-electron chi connectivity index (χ4n) is 1.75. The van der Waals surface area contributed by atoms with E-state index in [-0.39, 0.29) is 5.78 Å². The molecule has 0 radical (unpaired) electrons. The summed E-state index contributed by atoms with van der Waals surface area (Å²) in [5, 5.41) is 0.692. The maximum atomic E-state index is 12.4. The van der Waals surface area contributed by atoms with E-state index in [1.165, 1.54) is 6.07 Å². The molecule has 0 aromatic heterocycles. The van der Waals surface area contributed by atoms with E-state index in [9.17, 15) is 4.79 Å². The van der Waals surface area contributed by atoms with Crippen LogP contribution in [0.3, 0.4) is 0 Å². The number of carbonyl (C=O) groups is 1. The second kappa shape index (κ2) is 6.61. The first-order valence-corrected chi connectivity index (χ1v) is 7.50. The van der Waals surface area contributed by atoms with Crippen molar-refractivity contribution in [3.63, 3.8) is 0 Å². The zero-order valence-corrected chi connectivity index (χ0v) is 13.7. The number of carbonyl (C=O) groups excluding carboxylic acids is 1. The molecule has 0 saturated carbocycles. The highest BCUT2D eigenvalue weighted by molar-refractivity contribution is 9.10. The molecule has 0 fully saturated rings. The van der Waals surface area contributed by atoms with Gasteiger partial charge >= 0.3 is 0 Å². The van der Waals surface area contributed by atoms with Crippen LogP contribution in [0.15, 0.2) is 40.9 Å². The molecule has 0 atom stereocenters. The molecule has 2 nitrogen and oxygen atoms in total. The van der Waals surface area contributed by atoms with Crippen molar-refractivity contribution in [1.82, 2.24) is 0 Å². The Labute approximate surface area is 135 Å². The van der Waals surface area contributed by atoms with Gasteiger partial charge in [0.05, 0.1) is 16.7 Å². The number of rotatable bonds is 4. The van der Waals surface area contributed by atoms with E-state index in [2.05, 4.69) is 15.9 Å². The van der Waals surface area contributed by atoms with Gasteiger partial charge in [-0.2, -0.15) is 0 Å². The predicted molar refractivity (Wildman–Crippen MR) is 85.2 cm³/mol. The van der Waals surface area contributed by atoms with Gasteiger partial charge in [0, 0.05) is 21.7 Å². The average molecular weight is 374 g/mol. The van der Waals surface area contributed by atoms with Crippen LogP contribution in [0.5, 0.6) is 5.75 Å². The van der Waals surface area contributed by atoms with Gasteiger partial charge in [-0.3, -0.25) is 4.79 Å². The van der Waals surface area contributed by atoms with E-state index in [0.29, 0.717) is 33.5 Å². The third-order valence-corrected chi connectivity index (χ3v) is 3.75. The molecule has 0 N–H and O–H groups in total. The van der Waals surface area contributed by atoms with Crippen LogP contribution in [0, 0.1) is 0 Å². The molecule has 0 bridgehead atoms. The quantitative estimate of drug-likeness (QED) is 0.672. The summed E-state index contributed by atoms with van der Waals surface area (Å²) in [6.07, 6.45) is 0. The van der Waals surface area contributed by atoms with Gasteiger partial charge in [0.25, 0.3) is 0 Å². The van der Waals surface area contributed by atoms with Gasteiger partial charge < -0.3 is 4.74 Å². The lowest BCUT2D eigenvalue weighted by Gasteiger charge is -2.10. The van der Waals surface area contributed by atoms with Crippen molar-refractivity contribution in [3.8, 4) is 5.75 Å². The topological polar surface area (TPSA) is 26.3 Å². The fourth-order valence-corrected chi connectivity index (χ4v) is 2.61. The Morgan fingerprint density at radius 3 is 2.60 bits per heavy atom. The van der Waals surface area contributed by atoms with E-state index in [1.807, 2.05) is 13.0 Å². The molecule has 0 aliphatic rings. The highest BCUT2D eigenvalue weighted by atomic mass is 79.9. The van der Waals surface area contributed by atoms with Crippen molar-refractivity contribution in [2.75, 3.05) is 6.61 Å². The van der Waals surface area contributed by atoms with Gasteiger partial charge in [-0.25, -0.2) is 0 Å². The van der Waals surface area contributed by atoms with Crippen LogP contribution in [0.1, 0.15) is 22.8 Å². The maximum absolute atomic E-state index is 12.4. The van der Waals surface area contributed by atoms with Crippen LogP contribution >= 0.6 is 39.1 Å². The second-order valence-corrected chi connectivity index (χ2v) is 5.77. The van der Waals surface area contributed by atoms with Crippen LogP contribution in [-0.2, 0) is 0 Å². The van der Waals surface area contributed by atoms with Crippen LogP contribution in [0.25, 0.3) is 0 Å². The van der Waals surface area contributed by atoms with Crippen molar-refractivity contribution in [3.05, 3.63) is 62.0 Å². The van der Waals surface area contributed by atoms with Gasteiger partial charge in [0.1, 0.15) is 5.75 Å². The molecule has 0 aliphatic heterocycles. The Hall–Kier alpha value is -1.03. The Morgan fingerprint density at radius 1 is 1.20 bits per heavy atom. The van der Waals surface area contributed by atoms with E-state index in [4.69, 9.17) is 27.9 Å². The highest BCUT2D eigenvalue weighted by Crippen LogP contribution is 2.32. The number of halogens is 3. The first-order chi connectivity index (χ1) is 9.52. The zero-order valence-electron chi connectivity index (χ0n) is 10.6. The van der Waals surface area contributed by atoms with Crippen molar-refractivity contribution >= 4 is 44.9 Å². The standard InChI is InChI=1S/C15H11BrCl2O2/c1-2-20-14-8-12(17)11(7-13(14)18)15(19)9-4-3-5-10(16)6-9/h3-8H,2H2,1H3. The Kier molecular flexibility index (Phi) is 5.08. The second-order valence-electron chi connectivity index (χ2n) is 4.03. The Balaban J connectivity index is 2.43. The summed E-state index contributed by atoms with van der Waals surface area (Å²) < 4.78 is 6.17. The Bertz CT molecular complexity index is 656. The minimum absolute atomic E-state index is 0.179. The number of hydrogen-bond donors (Lipinski definition) is 0. The summed E-state index contributed by atoms with van der Waals surface area (Å²) >= 11 is 15.6. The maximum Gasteiger partial charge on any atom is 0.194 e. The van der Waals surface area contributed by atoms with Gasteiger partial charge in [0.15, 0.2) is 5.78 Å². The predicted octanol–water partition coefficient (Wildman–Crippen LogP) is 5.39. The minimum atomic E-state index is -0.179. The Morgan fingerprint density at radius 2 is 1.95 bits per heavy atom. The first-order valence-electron chi connectivity index (χ1n) is 5.95. The van der Waals surface area contributed by atoms with Crippen molar-refractivity contribution < 1.29 is 9.53 Å². The van der Waals surface area contributed by atoms with Crippen molar-refractivity contribution in [2.24, 2.45) is 0 Å². The molecule has 0 amide bonds. The van der Waals surface area contributed by atoms with E-state index >= 15 is 0 Å². The normalized spacial score (nSPS) is 10.4. The molecule has 104 valence electrons. The molecule has 2 rings (SSSR count). The van der Waals surface area contributed by atoms with E-state index in [0.717, 1.165) is 4.47 Å². The molecule has 0 spiro atoms. The molecular formula is C15H11BrCl2O2. The SMILES string of the molecule is CCOc1cc(Cl)c(C(=O)c2cccc(Br)c2)cc1Cl. The minimum Gasteiger partial charge on any atom is -0.492 e. The zero-order chi connectivity index (χ0) is 14.7. The summed E-state index contributed by atoms with van der Waals surface area (Å²) in [5.41, 5.74) is 0.903. The largest absolute Gasteiger partial charge is 0.492 e. The molecule has 20 heavy (non-hydrogen) atoms. The van der Waals surface area contributed by atoms with Crippen LogP contribution in [0.4, 0.5) is 0 Å².